The number of hydrogen-bond acceptors (Lipinski definition) is 17. The summed E-state index contributed by atoms with van der Waals surface area (Å²) in [4.78, 5) is 132. The van der Waals surface area contributed by atoms with Gasteiger partial charge in [-0.25, -0.2) is 4.79 Å². The molecule has 28 nitrogen and oxygen atoms in total. The minimum absolute atomic E-state index is 0.00121. The summed E-state index contributed by atoms with van der Waals surface area (Å²) in [5.74, 6) is -9.57. The number of nitrogens with two attached hydrogens (primary N) is 5. The second kappa shape index (κ2) is 29.3. The number of amides is 9. The maximum absolute atomic E-state index is 14.7. The zero-order chi connectivity index (χ0) is 58.9. The lowest BCUT2D eigenvalue weighted by Crippen LogP contribution is -2.64. The number of guanidine groups is 1. The number of aliphatic hydroxyl groups is 3. The average Bonchev–Trinajstić information content (AvgIpc) is 3.99. The number of ether oxygens (including phenoxy) is 1. The molecule has 4 rings (SSSR count). The van der Waals surface area contributed by atoms with Gasteiger partial charge in [-0.2, -0.15) is 0 Å². The van der Waals surface area contributed by atoms with E-state index in [4.69, 9.17) is 33.4 Å². The first-order valence-corrected chi connectivity index (χ1v) is 26.5. The Morgan fingerprint density at radius 3 is 1.97 bits per heavy atom. The van der Waals surface area contributed by atoms with Crippen molar-refractivity contribution in [3.63, 3.8) is 0 Å². The number of aliphatic hydroxyl groups excluding tert-OH is 3. The van der Waals surface area contributed by atoms with E-state index in [0.29, 0.717) is 31.5 Å². The van der Waals surface area contributed by atoms with Crippen LogP contribution in [0, 0.1) is 5.92 Å². The number of aliphatic imine (C=N–C) groups is 1. The predicted molar refractivity (Wildman–Crippen MR) is 288 cm³/mol. The summed E-state index contributed by atoms with van der Waals surface area (Å²) in [5, 5.41) is 53.6. The van der Waals surface area contributed by atoms with Crippen molar-refractivity contribution in [2.75, 3.05) is 45.8 Å². The molecule has 2 saturated heterocycles. The first kappa shape index (κ1) is 64.5. The van der Waals surface area contributed by atoms with Gasteiger partial charge in [0.25, 0.3) is 5.91 Å². The van der Waals surface area contributed by atoms with Crippen molar-refractivity contribution in [2.45, 2.75) is 158 Å². The molecule has 10 atom stereocenters. The van der Waals surface area contributed by atoms with Crippen LogP contribution in [0.2, 0.25) is 0 Å². The van der Waals surface area contributed by atoms with Crippen LogP contribution in [0.25, 0.3) is 0 Å². The Morgan fingerprint density at radius 2 is 1.39 bits per heavy atom. The fourth-order valence-electron chi connectivity index (χ4n) is 9.67. The molecule has 2 fully saturated rings. The van der Waals surface area contributed by atoms with E-state index < -0.39 is 150 Å². The number of piperidine rings is 1. The lowest BCUT2D eigenvalue weighted by Gasteiger charge is -2.40. The second-order valence-electron chi connectivity index (χ2n) is 21.5. The lowest BCUT2D eigenvalue weighted by molar-refractivity contribution is -0.138. The third kappa shape index (κ3) is 18.0. The zero-order valence-electron chi connectivity index (χ0n) is 45.8. The summed E-state index contributed by atoms with van der Waals surface area (Å²) in [6.07, 6.45) is -4.08. The highest BCUT2D eigenvalue weighted by atomic mass is 16.6. The highest BCUT2D eigenvalue weighted by Crippen LogP contribution is 2.52. The van der Waals surface area contributed by atoms with Crippen LogP contribution in [-0.4, -0.2) is 186 Å². The molecular formula is C51H83N15O13. The summed E-state index contributed by atoms with van der Waals surface area (Å²) in [6.45, 7) is 8.56. The van der Waals surface area contributed by atoms with Crippen LogP contribution in [0.1, 0.15) is 104 Å². The molecule has 3 aliphatic rings. The van der Waals surface area contributed by atoms with E-state index in [1.54, 1.807) is 51.7 Å². The van der Waals surface area contributed by atoms with Gasteiger partial charge in [0.05, 0.1) is 18.1 Å². The highest BCUT2D eigenvalue weighted by molar-refractivity contribution is 6.02. The minimum Gasteiger partial charge on any atom is -0.444 e. The van der Waals surface area contributed by atoms with Crippen LogP contribution in [0.5, 0.6) is 0 Å². The van der Waals surface area contributed by atoms with Gasteiger partial charge >= 0.3 is 6.09 Å². The summed E-state index contributed by atoms with van der Waals surface area (Å²) >= 11 is 0. The van der Waals surface area contributed by atoms with Crippen LogP contribution in [0.3, 0.4) is 0 Å². The third-order valence-corrected chi connectivity index (χ3v) is 13.8. The predicted octanol–water partition coefficient (Wildman–Crippen LogP) is -5.05. The van der Waals surface area contributed by atoms with Gasteiger partial charge < -0.3 is 96.2 Å². The van der Waals surface area contributed by atoms with Gasteiger partial charge in [-0.15, -0.1) is 0 Å². The van der Waals surface area contributed by atoms with Crippen molar-refractivity contribution >= 4 is 59.3 Å². The maximum Gasteiger partial charge on any atom is 0.410 e. The first-order chi connectivity index (χ1) is 37.2. The van der Waals surface area contributed by atoms with E-state index in [0.717, 1.165) is 5.56 Å². The van der Waals surface area contributed by atoms with Crippen molar-refractivity contribution in [1.82, 2.24) is 47.4 Å². The number of likely N-dealkylation sites (tertiary alicyclic amines) is 1. The Bertz CT molecular complexity index is 2400. The molecule has 2 heterocycles. The lowest BCUT2D eigenvalue weighted by atomic mass is 9.73. The van der Waals surface area contributed by atoms with Crippen LogP contribution in [0.15, 0.2) is 41.0 Å². The number of allylic oxidation sites excluding steroid dienone is 1. The molecule has 1 aromatic rings. The maximum atomic E-state index is 14.7. The highest BCUT2D eigenvalue weighted by Gasteiger charge is 2.49. The number of carbonyl (C=O) groups excluding carboxylic acids is 9. The van der Waals surface area contributed by atoms with Gasteiger partial charge in [0.2, 0.25) is 41.4 Å². The Labute approximate surface area is 459 Å². The summed E-state index contributed by atoms with van der Waals surface area (Å²) in [6, 6.07) is -2.89. The molecule has 9 amide bonds. The monoisotopic (exact) mass is 1110 g/mol. The molecule has 0 saturated carbocycles. The second-order valence-corrected chi connectivity index (χ2v) is 21.5. The van der Waals surface area contributed by atoms with E-state index in [-0.39, 0.29) is 57.1 Å². The molecule has 0 aromatic heterocycles. The van der Waals surface area contributed by atoms with E-state index >= 15 is 0 Å². The molecule has 1 aliphatic carbocycles. The Morgan fingerprint density at radius 1 is 0.823 bits per heavy atom. The molecule has 2 aliphatic heterocycles. The van der Waals surface area contributed by atoms with Gasteiger partial charge in [-0.1, -0.05) is 44.2 Å². The molecule has 0 bridgehead atoms. The standard InChI is InChI=1S/C51H83N15O13/c1-7-30-41(71)61-32(14-17-52)42(72)62-33(21-26(2)3)44(74)60-31(13-10-18-57-48(55)56)43(73)64-38(35(68)24-54)47(77)65-37(34(67)23-53)45(75)58-25-36(69)39(46(76)59-30)63-40(70)28-22-51(29-12-9-8-11-27(28)29)15-19-66(20-16-51)49(78)79-50(4,5)6/h7-9,11-12,26,28,31-39,67-69H,10,13-25,52-54H2,1-6H3,(H,58,75)(H,59,76)(H,60,74)(H,61,71)(H,62,72)(H,63,70)(H,64,73)(H,65,77)(H4,55,56,57)/b30-7-/t28?,31-,32-,33-,34?,35?,36?,37?,38?,39?/m0/s1. The van der Waals surface area contributed by atoms with E-state index in [9.17, 15) is 58.5 Å². The van der Waals surface area contributed by atoms with Gasteiger partial charge in [0, 0.05) is 44.7 Å². The van der Waals surface area contributed by atoms with Crippen molar-refractivity contribution < 1.29 is 63.2 Å². The van der Waals surface area contributed by atoms with Crippen molar-refractivity contribution in [3.05, 3.63) is 47.2 Å². The Kier molecular flexibility index (Phi) is 23.9. The van der Waals surface area contributed by atoms with Crippen molar-refractivity contribution in [3.8, 4) is 0 Å². The largest absolute Gasteiger partial charge is 0.444 e. The van der Waals surface area contributed by atoms with E-state index in [2.05, 4.69) is 47.5 Å². The number of rotatable bonds is 14. The molecule has 79 heavy (non-hydrogen) atoms. The molecule has 1 aromatic carbocycles. The quantitative estimate of drug-likeness (QED) is 0.0359. The van der Waals surface area contributed by atoms with Crippen molar-refractivity contribution in [2.24, 2.45) is 39.6 Å². The molecule has 21 N–H and O–H groups in total. The zero-order valence-corrected chi connectivity index (χ0v) is 45.8. The summed E-state index contributed by atoms with van der Waals surface area (Å²) in [5.41, 5.74) is 28.1. The van der Waals surface area contributed by atoms with Gasteiger partial charge in [-0.3, -0.25) is 43.3 Å². The summed E-state index contributed by atoms with van der Waals surface area (Å²) in [7, 11) is 0. The third-order valence-electron chi connectivity index (χ3n) is 13.8. The number of hydrogen-bond donors (Lipinski definition) is 16. The fraction of sp³-hybridized carbons (Fsp3) is 0.647. The van der Waals surface area contributed by atoms with E-state index in [1.165, 1.54) is 13.0 Å². The first-order valence-electron chi connectivity index (χ1n) is 26.5. The van der Waals surface area contributed by atoms with Crippen LogP contribution >= 0.6 is 0 Å². The molecule has 28 heteroatoms. The van der Waals surface area contributed by atoms with Gasteiger partial charge in [0.15, 0.2) is 5.96 Å². The molecule has 440 valence electrons. The number of benzene rings is 1. The number of carbonyl (C=O) groups is 9. The van der Waals surface area contributed by atoms with Crippen LogP contribution in [-0.2, 0) is 48.5 Å². The topological polar surface area (TPSA) is 465 Å². The van der Waals surface area contributed by atoms with Gasteiger partial charge in [0.1, 0.15) is 53.7 Å². The summed E-state index contributed by atoms with van der Waals surface area (Å²) < 4.78 is 5.61. The number of nitrogens with one attached hydrogen (secondary N) is 8. The molecule has 1 spiro atoms. The van der Waals surface area contributed by atoms with Crippen LogP contribution in [0.4, 0.5) is 4.79 Å². The normalized spacial score (nSPS) is 26.3. The Balaban J connectivity index is 1.76. The number of nitrogens with zero attached hydrogens (tertiary/aromatic N) is 2. The van der Waals surface area contributed by atoms with Gasteiger partial charge in [-0.05, 0) is 96.2 Å². The average molecular weight is 1110 g/mol. The van der Waals surface area contributed by atoms with Crippen molar-refractivity contribution in [1.29, 1.82) is 0 Å². The fourth-order valence-corrected chi connectivity index (χ4v) is 9.67. The number of β-amino-alcohol motifs (C(OH)–C–C–N with tert-alkyl or cyclic N) is 1. The van der Waals surface area contributed by atoms with Crippen LogP contribution < -0.4 is 71.2 Å². The molecule has 0 radical (unpaired) electrons. The molecule has 7 unspecified atom stereocenters. The SMILES string of the molecule is C/C=C1\NC(=O)C(NC(=O)C2CC3(CCN(C(=O)OC(C)(C)C)CC3)c3ccccc32)C(O)CNC(=O)C(C(O)CN)NC(=O)C(C(O)CN)NC(=O)[C@H](CCCN=C(N)N)NC(=O)[C@H](CC(C)C)NC(=O)[C@H](CCN)NC1=O. The minimum atomic E-state index is -2.02. The Hall–Kier alpha value is -6.98. The number of fused-ring (bicyclic) bond motifs is 2. The smallest absolute Gasteiger partial charge is 0.410 e. The van der Waals surface area contributed by atoms with E-state index in [1.807, 2.05) is 12.1 Å². The molecular weight excluding hydrogens is 1030 g/mol.